The molecule has 0 amide bonds. The molecule has 1 N–H and O–H groups in total. The molecule has 0 saturated carbocycles. The lowest BCUT2D eigenvalue weighted by Crippen LogP contribution is -2.21. The van der Waals surface area contributed by atoms with Crippen molar-refractivity contribution in [2.75, 3.05) is 0 Å². The van der Waals surface area contributed by atoms with E-state index in [1.54, 1.807) is 0 Å². The normalized spacial score (nSPS) is 11.2. The molecule has 18 heavy (non-hydrogen) atoms. The Kier molecular flexibility index (Phi) is 4.62. The van der Waals surface area contributed by atoms with Crippen LogP contribution in [0.2, 0.25) is 10.0 Å². The molecule has 2 aromatic rings. The number of hydrogen-bond donors (Lipinski definition) is 1. The van der Waals surface area contributed by atoms with Crippen LogP contribution in [-0.4, -0.2) is 10.4 Å². The molecule has 2 nitrogen and oxygen atoms in total. The Hall–Kier alpha value is -0.610. The van der Waals surface area contributed by atoms with Crippen molar-refractivity contribution >= 4 is 34.7 Å². The van der Waals surface area contributed by atoms with Crippen LogP contribution >= 0.6 is 34.7 Å². The van der Waals surface area contributed by atoms with Crippen LogP contribution in [0.5, 0.6) is 0 Å². The minimum absolute atomic E-state index is 0.458. The van der Waals surface area contributed by atoms with Gasteiger partial charge in [-0.2, -0.15) is 4.37 Å². The van der Waals surface area contributed by atoms with Crippen molar-refractivity contribution in [2.24, 2.45) is 0 Å². The molecule has 0 aliphatic heterocycles. The van der Waals surface area contributed by atoms with E-state index in [1.807, 2.05) is 24.3 Å². The van der Waals surface area contributed by atoms with Crippen LogP contribution in [0.15, 0.2) is 24.3 Å². The molecule has 0 aliphatic rings. The third-order valence-corrected chi connectivity index (χ3v) is 3.88. The summed E-state index contributed by atoms with van der Waals surface area (Å²) in [5.41, 5.74) is 1.66. The van der Waals surface area contributed by atoms with E-state index in [2.05, 4.69) is 23.5 Å². The summed E-state index contributed by atoms with van der Waals surface area (Å²) in [6.45, 7) is 5.05. The second kappa shape index (κ2) is 6.02. The highest BCUT2D eigenvalue weighted by Gasteiger charge is 2.12. The Bertz CT molecular complexity index is 517. The SMILES string of the molecule is CC(C)NCc1cc(-c2c(Cl)cccc2Cl)ns1. The van der Waals surface area contributed by atoms with Crippen molar-refractivity contribution in [1.82, 2.24) is 9.69 Å². The zero-order chi connectivity index (χ0) is 13.1. The van der Waals surface area contributed by atoms with E-state index >= 15 is 0 Å². The van der Waals surface area contributed by atoms with Gasteiger partial charge in [-0.25, -0.2) is 0 Å². The standard InChI is InChI=1S/C13H14Cl2N2S/c1-8(2)16-7-9-6-12(17-18-9)13-10(14)4-3-5-11(13)15/h3-6,8,16H,7H2,1-2H3. The topological polar surface area (TPSA) is 24.9 Å². The van der Waals surface area contributed by atoms with Gasteiger partial charge in [-0.1, -0.05) is 43.1 Å². The first-order valence-corrected chi connectivity index (χ1v) is 7.24. The summed E-state index contributed by atoms with van der Waals surface area (Å²) < 4.78 is 4.42. The van der Waals surface area contributed by atoms with E-state index in [4.69, 9.17) is 23.2 Å². The van der Waals surface area contributed by atoms with Crippen molar-refractivity contribution in [1.29, 1.82) is 0 Å². The molecule has 0 atom stereocenters. The molecule has 96 valence electrons. The fourth-order valence-corrected chi connectivity index (χ4v) is 2.82. The lowest BCUT2D eigenvalue weighted by molar-refractivity contribution is 0.593. The van der Waals surface area contributed by atoms with Crippen LogP contribution in [0.25, 0.3) is 11.3 Å². The molecular formula is C13H14Cl2N2S. The van der Waals surface area contributed by atoms with Gasteiger partial charge in [-0.05, 0) is 29.7 Å². The highest BCUT2D eigenvalue weighted by atomic mass is 35.5. The Morgan fingerprint density at radius 3 is 2.56 bits per heavy atom. The van der Waals surface area contributed by atoms with Crippen molar-refractivity contribution in [3.63, 3.8) is 0 Å². The predicted molar refractivity (Wildman–Crippen MR) is 79.5 cm³/mol. The van der Waals surface area contributed by atoms with Crippen LogP contribution in [0, 0.1) is 0 Å². The highest BCUT2D eigenvalue weighted by Crippen LogP contribution is 2.34. The maximum absolute atomic E-state index is 6.17. The fraction of sp³-hybridized carbons (Fsp3) is 0.308. The molecule has 1 aromatic heterocycles. The third-order valence-electron chi connectivity index (χ3n) is 2.46. The summed E-state index contributed by atoms with van der Waals surface area (Å²) in [4.78, 5) is 1.18. The number of hydrogen-bond acceptors (Lipinski definition) is 3. The highest BCUT2D eigenvalue weighted by molar-refractivity contribution is 7.06. The summed E-state index contributed by atoms with van der Waals surface area (Å²) in [7, 11) is 0. The van der Waals surface area contributed by atoms with Gasteiger partial charge in [0, 0.05) is 23.0 Å². The molecule has 0 fully saturated rings. The second-order valence-electron chi connectivity index (χ2n) is 4.31. The van der Waals surface area contributed by atoms with Crippen molar-refractivity contribution in [3.05, 3.63) is 39.2 Å². The average Bonchev–Trinajstić information content (AvgIpc) is 2.75. The number of aromatic nitrogens is 1. The smallest absolute Gasteiger partial charge is 0.0874 e. The first kappa shape index (κ1) is 13.8. The van der Waals surface area contributed by atoms with Crippen LogP contribution in [0.4, 0.5) is 0 Å². The molecule has 0 aliphatic carbocycles. The summed E-state index contributed by atoms with van der Waals surface area (Å²) in [6, 6.07) is 7.98. The molecule has 0 bridgehead atoms. The predicted octanol–water partition coefficient (Wildman–Crippen LogP) is 4.61. The lowest BCUT2D eigenvalue weighted by atomic mass is 10.1. The van der Waals surface area contributed by atoms with Gasteiger partial charge in [0.05, 0.1) is 15.7 Å². The van der Waals surface area contributed by atoms with E-state index in [0.29, 0.717) is 16.1 Å². The van der Waals surface area contributed by atoms with Crippen LogP contribution in [0.3, 0.4) is 0 Å². The van der Waals surface area contributed by atoms with E-state index in [1.165, 1.54) is 16.4 Å². The van der Waals surface area contributed by atoms with Crippen LogP contribution < -0.4 is 5.32 Å². The van der Waals surface area contributed by atoms with E-state index in [-0.39, 0.29) is 0 Å². The molecule has 1 aromatic carbocycles. The number of nitrogens with zero attached hydrogens (tertiary/aromatic N) is 1. The fourth-order valence-electron chi connectivity index (χ4n) is 1.56. The number of halogens is 2. The van der Waals surface area contributed by atoms with E-state index in [9.17, 15) is 0 Å². The Morgan fingerprint density at radius 2 is 1.94 bits per heavy atom. The van der Waals surface area contributed by atoms with Crippen LogP contribution in [0.1, 0.15) is 18.7 Å². The van der Waals surface area contributed by atoms with Gasteiger partial charge in [-0.3, -0.25) is 0 Å². The number of rotatable bonds is 4. The van der Waals surface area contributed by atoms with Gasteiger partial charge in [0.15, 0.2) is 0 Å². The number of benzene rings is 1. The lowest BCUT2D eigenvalue weighted by Gasteiger charge is -2.05. The van der Waals surface area contributed by atoms with Crippen molar-refractivity contribution < 1.29 is 0 Å². The maximum Gasteiger partial charge on any atom is 0.0874 e. The third kappa shape index (κ3) is 3.23. The monoisotopic (exact) mass is 300 g/mol. The Morgan fingerprint density at radius 1 is 1.28 bits per heavy atom. The molecule has 5 heteroatoms. The minimum Gasteiger partial charge on any atom is -0.310 e. The van der Waals surface area contributed by atoms with Gasteiger partial charge < -0.3 is 5.32 Å². The zero-order valence-corrected chi connectivity index (χ0v) is 12.5. The quantitative estimate of drug-likeness (QED) is 0.891. The molecule has 0 saturated heterocycles. The first-order chi connectivity index (χ1) is 8.58. The molecular weight excluding hydrogens is 287 g/mol. The van der Waals surface area contributed by atoms with Gasteiger partial charge in [0.25, 0.3) is 0 Å². The minimum atomic E-state index is 0.458. The van der Waals surface area contributed by atoms with Crippen molar-refractivity contribution in [2.45, 2.75) is 26.4 Å². The Labute approximate surface area is 121 Å². The molecule has 0 unspecified atom stereocenters. The van der Waals surface area contributed by atoms with Crippen LogP contribution in [-0.2, 0) is 6.54 Å². The molecule has 1 heterocycles. The van der Waals surface area contributed by atoms with Gasteiger partial charge in [-0.15, -0.1) is 0 Å². The first-order valence-electron chi connectivity index (χ1n) is 5.71. The summed E-state index contributed by atoms with van der Waals surface area (Å²) in [5, 5.41) is 4.63. The number of nitrogens with one attached hydrogen (secondary N) is 1. The van der Waals surface area contributed by atoms with E-state index < -0.39 is 0 Å². The second-order valence-corrected chi connectivity index (χ2v) is 6.01. The zero-order valence-electron chi connectivity index (χ0n) is 10.2. The molecule has 0 spiro atoms. The largest absolute Gasteiger partial charge is 0.310 e. The summed E-state index contributed by atoms with van der Waals surface area (Å²) >= 11 is 13.8. The molecule has 2 rings (SSSR count). The maximum atomic E-state index is 6.17. The van der Waals surface area contributed by atoms with Gasteiger partial charge in [0.2, 0.25) is 0 Å². The van der Waals surface area contributed by atoms with Gasteiger partial charge in [0.1, 0.15) is 0 Å². The molecule has 0 radical (unpaired) electrons. The van der Waals surface area contributed by atoms with E-state index in [0.717, 1.165) is 17.8 Å². The van der Waals surface area contributed by atoms with Gasteiger partial charge >= 0.3 is 0 Å². The summed E-state index contributed by atoms with van der Waals surface area (Å²) in [5.74, 6) is 0. The summed E-state index contributed by atoms with van der Waals surface area (Å²) in [6.07, 6.45) is 0. The Balaban J connectivity index is 2.24. The average molecular weight is 301 g/mol. The van der Waals surface area contributed by atoms with Crippen molar-refractivity contribution in [3.8, 4) is 11.3 Å².